The summed E-state index contributed by atoms with van der Waals surface area (Å²) >= 11 is 1.56. The fourth-order valence-corrected chi connectivity index (χ4v) is 2.62. The lowest BCUT2D eigenvalue weighted by Gasteiger charge is -2.32. The molecule has 1 aliphatic heterocycles. The zero-order valence-corrected chi connectivity index (χ0v) is 12.2. The molecule has 1 fully saturated rings. The summed E-state index contributed by atoms with van der Waals surface area (Å²) in [6.45, 7) is 8.16. The van der Waals surface area contributed by atoms with Gasteiger partial charge in [-0.25, -0.2) is 0 Å². The largest absolute Gasteiger partial charge is 0.498 e. The fourth-order valence-electron chi connectivity index (χ4n) is 1.98. The van der Waals surface area contributed by atoms with E-state index in [4.69, 9.17) is 9.31 Å². The summed E-state index contributed by atoms with van der Waals surface area (Å²) in [4.78, 5) is 5.12. The average Bonchev–Trinajstić information content (AvgIpc) is 3.00. The van der Waals surface area contributed by atoms with Crippen molar-refractivity contribution < 1.29 is 9.31 Å². The summed E-state index contributed by atoms with van der Waals surface area (Å²) in [5.41, 5.74) is 2.94. The van der Waals surface area contributed by atoms with Crippen LogP contribution in [-0.4, -0.2) is 33.5 Å². The lowest BCUT2D eigenvalue weighted by molar-refractivity contribution is 0.00578. The van der Waals surface area contributed by atoms with Gasteiger partial charge in [0, 0.05) is 17.9 Å². The molecule has 19 heavy (non-hydrogen) atoms. The van der Waals surface area contributed by atoms with Crippen molar-refractivity contribution in [3.8, 4) is 10.6 Å². The zero-order chi connectivity index (χ0) is 13.7. The van der Waals surface area contributed by atoms with E-state index < -0.39 is 7.12 Å². The SMILES string of the molecule is CC1(C)OB(c2cn[nH]c2-c2cncs2)OC1(C)C. The molecular weight excluding hydrogens is 261 g/mol. The van der Waals surface area contributed by atoms with Gasteiger partial charge in [0.25, 0.3) is 0 Å². The highest BCUT2D eigenvalue weighted by Crippen LogP contribution is 2.37. The molecule has 0 radical (unpaired) electrons. The molecular formula is C12H16BN3O2S. The monoisotopic (exact) mass is 277 g/mol. The minimum absolute atomic E-state index is 0.347. The number of hydrogen-bond donors (Lipinski definition) is 1. The molecule has 0 aliphatic carbocycles. The van der Waals surface area contributed by atoms with Crippen LogP contribution in [0, 0.1) is 0 Å². The van der Waals surface area contributed by atoms with Crippen LogP contribution in [0.5, 0.6) is 0 Å². The van der Waals surface area contributed by atoms with Crippen LogP contribution in [0.1, 0.15) is 27.7 Å². The van der Waals surface area contributed by atoms with E-state index in [-0.39, 0.29) is 11.2 Å². The van der Waals surface area contributed by atoms with Gasteiger partial charge in [0.1, 0.15) is 0 Å². The number of nitrogens with one attached hydrogen (secondary N) is 1. The van der Waals surface area contributed by atoms with E-state index in [2.05, 4.69) is 15.2 Å². The summed E-state index contributed by atoms with van der Waals surface area (Å²) in [5, 5.41) is 7.11. The molecule has 3 heterocycles. The number of H-pyrrole nitrogens is 1. The highest BCUT2D eigenvalue weighted by Gasteiger charge is 2.52. The maximum Gasteiger partial charge on any atom is 0.498 e. The Morgan fingerprint density at radius 2 is 1.84 bits per heavy atom. The summed E-state index contributed by atoms with van der Waals surface area (Å²) in [5.74, 6) is 0. The van der Waals surface area contributed by atoms with Gasteiger partial charge < -0.3 is 9.31 Å². The number of aromatic amines is 1. The van der Waals surface area contributed by atoms with E-state index in [1.54, 1.807) is 23.0 Å². The summed E-state index contributed by atoms with van der Waals surface area (Å²) in [6.07, 6.45) is 3.57. The zero-order valence-electron chi connectivity index (χ0n) is 11.4. The van der Waals surface area contributed by atoms with Crippen LogP contribution in [0.2, 0.25) is 0 Å². The quantitative estimate of drug-likeness (QED) is 0.851. The molecule has 0 aromatic carbocycles. The fraction of sp³-hybridized carbons (Fsp3) is 0.500. The second kappa shape index (κ2) is 4.16. The van der Waals surface area contributed by atoms with Crippen LogP contribution in [0.4, 0.5) is 0 Å². The van der Waals surface area contributed by atoms with Crippen molar-refractivity contribution in [1.82, 2.24) is 15.2 Å². The summed E-state index contributed by atoms with van der Waals surface area (Å²) < 4.78 is 12.1. The number of thiazole rings is 1. The molecule has 0 amide bonds. The summed E-state index contributed by atoms with van der Waals surface area (Å²) in [7, 11) is -0.402. The van der Waals surface area contributed by atoms with Crippen molar-refractivity contribution in [2.75, 3.05) is 0 Å². The highest BCUT2D eigenvalue weighted by molar-refractivity contribution is 7.13. The first kappa shape index (κ1) is 12.8. The second-order valence-electron chi connectivity index (χ2n) is 5.65. The van der Waals surface area contributed by atoms with Gasteiger partial charge in [-0.3, -0.25) is 10.1 Å². The Bertz CT molecular complexity index is 564. The third-order valence-electron chi connectivity index (χ3n) is 3.85. The second-order valence-corrected chi connectivity index (χ2v) is 6.54. The van der Waals surface area contributed by atoms with Gasteiger partial charge in [-0.1, -0.05) is 0 Å². The number of nitrogens with zero attached hydrogens (tertiary/aromatic N) is 2. The van der Waals surface area contributed by atoms with Crippen molar-refractivity contribution >= 4 is 23.9 Å². The van der Waals surface area contributed by atoms with Crippen LogP contribution < -0.4 is 5.46 Å². The number of rotatable bonds is 2. The van der Waals surface area contributed by atoms with E-state index in [1.807, 2.05) is 33.9 Å². The molecule has 2 aromatic rings. The Balaban J connectivity index is 1.96. The first-order valence-electron chi connectivity index (χ1n) is 6.18. The van der Waals surface area contributed by atoms with Gasteiger partial charge in [0.15, 0.2) is 0 Å². The Morgan fingerprint density at radius 1 is 1.16 bits per heavy atom. The molecule has 2 aromatic heterocycles. The predicted molar refractivity (Wildman–Crippen MR) is 75.4 cm³/mol. The van der Waals surface area contributed by atoms with Crippen LogP contribution >= 0.6 is 11.3 Å². The lowest BCUT2D eigenvalue weighted by atomic mass is 9.79. The molecule has 0 unspecified atom stereocenters. The molecule has 1 aliphatic rings. The molecule has 7 heteroatoms. The average molecular weight is 277 g/mol. The molecule has 1 saturated heterocycles. The van der Waals surface area contributed by atoms with E-state index in [9.17, 15) is 0 Å². The highest BCUT2D eigenvalue weighted by atomic mass is 32.1. The van der Waals surface area contributed by atoms with Crippen LogP contribution in [0.15, 0.2) is 17.9 Å². The third-order valence-corrected chi connectivity index (χ3v) is 4.65. The van der Waals surface area contributed by atoms with Gasteiger partial charge in [-0.05, 0) is 27.7 Å². The van der Waals surface area contributed by atoms with Gasteiger partial charge in [0.2, 0.25) is 0 Å². The topological polar surface area (TPSA) is 60.0 Å². The molecule has 0 saturated carbocycles. The Kier molecular flexibility index (Phi) is 2.81. The molecule has 0 spiro atoms. The van der Waals surface area contributed by atoms with E-state index in [0.29, 0.717) is 0 Å². The lowest BCUT2D eigenvalue weighted by Crippen LogP contribution is -2.41. The van der Waals surface area contributed by atoms with Gasteiger partial charge in [-0.15, -0.1) is 11.3 Å². The van der Waals surface area contributed by atoms with Gasteiger partial charge in [-0.2, -0.15) is 5.10 Å². The van der Waals surface area contributed by atoms with Crippen molar-refractivity contribution in [2.45, 2.75) is 38.9 Å². The minimum Gasteiger partial charge on any atom is -0.399 e. The van der Waals surface area contributed by atoms with Crippen LogP contribution in [0.3, 0.4) is 0 Å². The molecule has 0 bridgehead atoms. The van der Waals surface area contributed by atoms with Crippen molar-refractivity contribution in [3.63, 3.8) is 0 Å². The van der Waals surface area contributed by atoms with Gasteiger partial charge >= 0.3 is 7.12 Å². The predicted octanol–water partition coefficient (Wildman–Crippen LogP) is 1.83. The van der Waals surface area contributed by atoms with Crippen LogP contribution in [-0.2, 0) is 9.31 Å². The van der Waals surface area contributed by atoms with E-state index >= 15 is 0 Å². The summed E-state index contributed by atoms with van der Waals surface area (Å²) in [6, 6.07) is 0. The van der Waals surface area contributed by atoms with Gasteiger partial charge in [0.05, 0.1) is 27.3 Å². The van der Waals surface area contributed by atoms with Crippen molar-refractivity contribution in [1.29, 1.82) is 0 Å². The van der Waals surface area contributed by atoms with Crippen molar-refractivity contribution in [2.24, 2.45) is 0 Å². The molecule has 1 N–H and O–H groups in total. The Labute approximate surface area is 116 Å². The molecule has 3 rings (SSSR count). The van der Waals surface area contributed by atoms with Crippen molar-refractivity contribution in [3.05, 3.63) is 17.9 Å². The maximum atomic E-state index is 6.05. The third kappa shape index (κ3) is 2.02. The molecule has 5 nitrogen and oxygen atoms in total. The van der Waals surface area contributed by atoms with E-state index in [1.165, 1.54) is 0 Å². The smallest absolute Gasteiger partial charge is 0.399 e. The first-order chi connectivity index (χ1) is 8.91. The number of hydrogen-bond acceptors (Lipinski definition) is 5. The molecule has 100 valence electrons. The standard InChI is InChI=1S/C12H16BN3O2S/c1-11(2)12(3,4)18-13(17-11)8-5-15-16-10(8)9-6-14-7-19-9/h5-7H,1-4H3,(H,15,16). The maximum absolute atomic E-state index is 6.05. The van der Waals surface area contributed by atoms with Crippen LogP contribution in [0.25, 0.3) is 10.6 Å². The first-order valence-corrected chi connectivity index (χ1v) is 7.06. The Hall–Kier alpha value is -1.18. The normalized spacial score (nSPS) is 20.9. The minimum atomic E-state index is -0.402. The van der Waals surface area contributed by atoms with E-state index in [0.717, 1.165) is 16.0 Å². The number of aromatic nitrogens is 3. The Morgan fingerprint density at radius 3 is 2.42 bits per heavy atom. The molecule has 0 atom stereocenters.